The Bertz CT molecular complexity index is 527. The minimum absolute atomic E-state index is 0.220. The third-order valence-corrected chi connectivity index (χ3v) is 2.42. The zero-order chi connectivity index (χ0) is 14.4. The van der Waals surface area contributed by atoms with Crippen molar-refractivity contribution in [1.29, 1.82) is 0 Å². The third kappa shape index (κ3) is 3.87. The molecule has 0 spiro atoms. The summed E-state index contributed by atoms with van der Waals surface area (Å²) in [4.78, 5) is 14.4. The second-order valence-corrected chi connectivity index (χ2v) is 4.34. The average molecular weight is 278 g/mol. The lowest BCUT2D eigenvalue weighted by molar-refractivity contribution is 0.263. The molecule has 2 aromatic rings. The van der Waals surface area contributed by atoms with Gasteiger partial charge in [-0.25, -0.2) is 10.5 Å². The van der Waals surface area contributed by atoms with Gasteiger partial charge in [-0.15, -0.1) is 0 Å². The van der Waals surface area contributed by atoms with Crippen LogP contribution in [-0.4, -0.2) is 56.9 Å². The van der Waals surface area contributed by atoms with Crippen LogP contribution in [0.4, 0.5) is 5.95 Å². The summed E-state index contributed by atoms with van der Waals surface area (Å²) in [6.07, 6.45) is 4.24. The highest BCUT2D eigenvalue weighted by Gasteiger charge is 2.08. The molecule has 9 heteroatoms. The first kappa shape index (κ1) is 14.2. The van der Waals surface area contributed by atoms with E-state index in [0.29, 0.717) is 12.6 Å². The Morgan fingerprint density at radius 1 is 1.35 bits per heavy atom. The molecule has 0 aromatic carbocycles. The monoisotopic (exact) mass is 278 g/mol. The van der Waals surface area contributed by atoms with Gasteiger partial charge in [-0.1, -0.05) is 0 Å². The lowest BCUT2D eigenvalue weighted by Gasteiger charge is -2.10. The molecule has 0 atom stereocenters. The van der Waals surface area contributed by atoms with E-state index in [1.165, 1.54) is 4.68 Å². The van der Waals surface area contributed by atoms with Gasteiger partial charge in [0, 0.05) is 18.9 Å². The van der Waals surface area contributed by atoms with E-state index in [1.807, 2.05) is 14.1 Å². The maximum absolute atomic E-state index is 5.51. The molecule has 0 bridgehead atoms. The number of rotatable bonds is 7. The summed E-state index contributed by atoms with van der Waals surface area (Å²) < 4.78 is 7.02. The number of hydrogen-bond donors (Lipinski definition) is 2. The Kier molecular flexibility index (Phi) is 4.80. The van der Waals surface area contributed by atoms with E-state index < -0.39 is 0 Å². The van der Waals surface area contributed by atoms with E-state index in [1.54, 1.807) is 18.5 Å². The van der Waals surface area contributed by atoms with Crippen LogP contribution in [0.2, 0.25) is 0 Å². The van der Waals surface area contributed by atoms with Gasteiger partial charge in [0.05, 0.1) is 6.61 Å². The maximum Gasteiger partial charge on any atom is 0.323 e. The van der Waals surface area contributed by atoms with Crippen molar-refractivity contribution in [3.05, 3.63) is 18.5 Å². The van der Waals surface area contributed by atoms with Crippen molar-refractivity contribution < 1.29 is 4.74 Å². The van der Waals surface area contributed by atoms with Crippen LogP contribution >= 0.6 is 0 Å². The molecule has 2 aromatic heterocycles. The number of anilines is 1. The van der Waals surface area contributed by atoms with Gasteiger partial charge < -0.3 is 9.64 Å². The molecule has 0 saturated heterocycles. The predicted molar refractivity (Wildman–Crippen MR) is 73.4 cm³/mol. The molecule has 0 fully saturated rings. The minimum atomic E-state index is 0.220. The first-order chi connectivity index (χ1) is 9.69. The van der Waals surface area contributed by atoms with Gasteiger partial charge in [-0.3, -0.25) is 5.43 Å². The molecule has 108 valence electrons. The van der Waals surface area contributed by atoms with Crippen molar-refractivity contribution in [3.8, 4) is 12.0 Å². The van der Waals surface area contributed by atoms with E-state index in [9.17, 15) is 0 Å². The molecule has 2 rings (SSSR count). The Labute approximate surface area is 116 Å². The minimum Gasteiger partial charge on any atom is -0.463 e. The van der Waals surface area contributed by atoms with Crippen LogP contribution in [0, 0.1) is 0 Å². The molecule has 0 unspecified atom stereocenters. The fraction of sp³-hybridized carbons (Fsp3) is 0.455. The van der Waals surface area contributed by atoms with Crippen molar-refractivity contribution in [3.63, 3.8) is 0 Å². The van der Waals surface area contributed by atoms with Crippen molar-refractivity contribution >= 4 is 5.95 Å². The number of aromatic nitrogens is 5. The number of hydrazine groups is 1. The number of nitrogen functional groups attached to an aromatic ring is 1. The molecular formula is C11H18N8O. The largest absolute Gasteiger partial charge is 0.463 e. The van der Waals surface area contributed by atoms with Crippen molar-refractivity contribution in [1.82, 2.24) is 29.6 Å². The fourth-order valence-corrected chi connectivity index (χ4v) is 1.51. The van der Waals surface area contributed by atoms with Crippen LogP contribution in [0.25, 0.3) is 5.95 Å². The van der Waals surface area contributed by atoms with Crippen LogP contribution in [0.3, 0.4) is 0 Å². The van der Waals surface area contributed by atoms with E-state index in [-0.39, 0.29) is 12.0 Å². The van der Waals surface area contributed by atoms with E-state index >= 15 is 0 Å². The first-order valence-corrected chi connectivity index (χ1v) is 6.19. The number of nitrogens with zero attached hydrogens (tertiary/aromatic N) is 6. The first-order valence-electron chi connectivity index (χ1n) is 6.19. The highest BCUT2D eigenvalue weighted by molar-refractivity contribution is 5.28. The summed E-state index contributed by atoms with van der Waals surface area (Å²) >= 11 is 0. The molecule has 0 radical (unpaired) electrons. The van der Waals surface area contributed by atoms with Gasteiger partial charge in [0.25, 0.3) is 5.95 Å². The molecule has 0 saturated carbocycles. The number of nitrogens with one attached hydrogen (secondary N) is 1. The summed E-state index contributed by atoms with van der Waals surface area (Å²) in [5.41, 5.74) is 2.39. The highest BCUT2D eigenvalue weighted by atomic mass is 16.5. The van der Waals surface area contributed by atoms with Crippen LogP contribution in [0.1, 0.15) is 6.42 Å². The molecule has 0 aliphatic rings. The number of ether oxygens (including phenoxy) is 1. The van der Waals surface area contributed by atoms with E-state index in [4.69, 9.17) is 10.6 Å². The second kappa shape index (κ2) is 6.78. The maximum atomic E-state index is 5.51. The SMILES string of the molecule is CN(C)CCCOc1nc(NN)nc(-n2cccn2)n1. The highest BCUT2D eigenvalue weighted by Crippen LogP contribution is 2.09. The molecule has 9 nitrogen and oxygen atoms in total. The molecular weight excluding hydrogens is 260 g/mol. The van der Waals surface area contributed by atoms with E-state index in [0.717, 1.165) is 13.0 Å². The van der Waals surface area contributed by atoms with Crippen LogP contribution < -0.4 is 16.0 Å². The topological polar surface area (TPSA) is 107 Å². The van der Waals surface area contributed by atoms with Gasteiger partial charge >= 0.3 is 6.01 Å². The van der Waals surface area contributed by atoms with Crippen molar-refractivity contribution in [2.75, 3.05) is 32.7 Å². The Hall–Kier alpha value is -2.26. The lowest BCUT2D eigenvalue weighted by atomic mass is 10.4. The molecule has 3 N–H and O–H groups in total. The fourth-order valence-electron chi connectivity index (χ4n) is 1.51. The normalized spacial score (nSPS) is 10.8. The molecule has 0 amide bonds. The molecule has 20 heavy (non-hydrogen) atoms. The standard InChI is InChI=1S/C11H18N8O/c1-18(2)6-4-8-20-11-15-9(17-12)14-10(16-11)19-7-3-5-13-19/h3,5,7H,4,6,8,12H2,1-2H3,(H,14,15,16,17). The van der Waals surface area contributed by atoms with Crippen molar-refractivity contribution in [2.24, 2.45) is 5.84 Å². The lowest BCUT2D eigenvalue weighted by Crippen LogP contribution is -2.17. The smallest absolute Gasteiger partial charge is 0.323 e. The van der Waals surface area contributed by atoms with Gasteiger partial charge in [-0.2, -0.15) is 20.1 Å². The van der Waals surface area contributed by atoms with Gasteiger partial charge in [0.15, 0.2) is 0 Å². The summed E-state index contributed by atoms with van der Waals surface area (Å²) in [6.45, 7) is 1.45. The Balaban J connectivity index is 2.06. The summed E-state index contributed by atoms with van der Waals surface area (Å²) in [6, 6.07) is 1.99. The Morgan fingerprint density at radius 3 is 2.85 bits per heavy atom. The van der Waals surface area contributed by atoms with Crippen molar-refractivity contribution in [2.45, 2.75) is 6.42 Å². The zero-order valence-electron chi connectivity index (χ0n) is 11.5. The molecule has 0 aliphatic heterocycles. The number of nitrogens with two attached hydrogens (primary N) is 1. The van der Waals surface area contributed by atoms with Gasteiger partial charge in [-0.05, 0) is 26.6 Å². The quantitative estimate of drug-likeness (QED) is 0.403. The summed E-state index contributed by atoms with van der Waals surface area (Å²) in [5, 5.41) is 4.06. The summed E-state index contributed by atoms with van der Waals surface area (Å²) in [5.74, 6) is 5.92. The Morgan fingerprint density at radius 2 is 2.20 bits per heavy atom. The summed E-state index contributed by atoms with van der Waals surface area (Å²) in [7, 11) is 4.02. The zero-order valence-corrected chi connectivity index (χ0v) is 11.5. The molecule has 2 heterocycles. The predicted octanol–water partition coefficient (Wildman–Crippen LogP) is -0.327. The van der Waals surface area contributed by atoms with Crippen LogP contribution in [0.15, 0.2) is 18.5 Å². The molecule has 0 aliphatic carbocycles. The third-order valence-electron chi connectivity index (χ3n) is 2.42. The second-order valence-electron chi connectivity index (χ2n) is 4.34. The van der Waals surface area contributed by atoms with Crippen LogP contribution in [-0.2, 0) is 0 Å². The van der Waals surface area contributed by atoms with E-state index in [2.05, 4.69) is 30.4 Å². The van der Waals surface area contributed by atoms with Crippen LogP contribution in [0.5, 0.6) is 6.01 Å². The number of hydrogen-bond acceptors (Lipinski definition) is 8. The van der Waals surface area contributed by atoms with Gasteiger partial charge in [0.1, 0.15) is 0 Å². The van der Waals surface area contributed by atoms with Gasteiger partial charge in [0.2, 0.25) is 5.95 Å². The average Bonchev–Trinajstić information content (AvgIpc) is 2.97.